The normalized spacial score (nSPS) is 10.9. The van der Waals surface area contributed by atoms with Crippen molar-refractivity contribution >= 4 is 5.84 Å². The number of nitrogen functional groups attached to an aromatic ring is 1. The summed E-state index contributed by atoms with van der Waals surface area (Å²) in [4.78, 5) is 1.79. The molecule has 0 atom stereocenters. The maximum atomic E-state index is 13.3. The number of aliphatic hydroxyl groups excluding tert-OH is 2. The molecule has 0 amide bonds. The van der Waals surface area contributed by atoms with E-state index >= 15 is 0 Å². The minimum atomic E-state index is -0.453. The van der Waals surface area contributed by atoms with Crippen molar-refractivity contribution in [3.8, 4) is 0 Å². The number of halogens is 1. The van der Waals surface area contributed by atoms with Crippen LogP contribution in [-0.4, -0.2) is 47.3 Å². The highest BCUT2D eigenvalue weighted by Gasteiger charge is 2.08. The van der Waals surface area contributed by atoms with E-state index in [9.17, 15) is 4.39 Å². The molecule has 0 fully saturated rings. The summed E-state index contributed by atoms with van der Waals surface area (Å²) in [5, 5.41) is 25.1. The maximum absolute atomic E-state index is 13.3. The minimum Gasteiger partial charge on any atom is -0.395 e. The predicted octanol–water partition coefficient (Wildman–Crippen LogP) is -0.104. The number of nitrogens with two attached hydrogens (primary N) is 1. The molecule has 0 spiro atoms. The summed E-state index contributed by atoms with van der Waals surface area (Å²) in [5.74, 6) is -0.641. The van der Waals surface area contributed by atoms with Crippen molar-refractivity contribution in [2.24, 2.45) is 5.73 Å². The third-order valence-corrected chi connectivity index (χ3v) is 2.51. The molecule has 1 aromatic carbocycles. The van der Waals surface area contributed by atoms with E-state index in [-0.39, 0.29) is 19.0 Å². The van der Waals surface area contributed by atoms with Crippen molar-refractivity contribution in [1.29, 1.82) is 5.41 Å². The molecule has 1 aromatic rings. The van der Waals surface area contributed by atoms with Crippen LogP contribution in [-0.2, 0) is 6.54 Å². The summed E-state index contributed by atoms with van der Waals surface area (Å²) < 4.78 is 13.3. The topological polar surface area (TPSA) is 93.6 Å². The Morgan fingerprint density at radius 3 is 2.33 bits per heavy atom. The standard InChI is InChI=1S/C12H18FN3O2/c13-11-6-9(5-10(7-11)12(14)15)8-16(1-3-17)2-4-18/h5-7,17-18H,1-4,8H2,(H3,14,15). The molecule has 0 radical (unpaired) electrons. The van der Waals surface area contributed by atoms with Gasteiger partial charge in [-0.25, -0.2) is 4.39 Å². The monoisotopic (exact) mass is 255 g/mol. The average molecular weight is 255 g/mol. The number of nitrogens with one attached hydrogen (secondary N) is 1. The van der Waals surface area contributed by atoms with Crippen molar-refractivity contribution in [2.45, 2.75) is 6.54 Å². The Balaban J connectivity index is 2.84. The molecular formula is C12H18FN3O2. The predicted molar refractivity (Wildman–Crippen MR) is 66.9 cm³/mol. The summed E-state index contributed by atoms with van der Waals surface area (Å²) in [5.41, 5.74) is 6.31. The van der Waals surface area contributed by atoms with E-state index in [4.69, 9.17) is 21.4 Å². The highest BCUT2D eigenvalue weighted by atomic mass is 19.1. The van der Waals surface area contributed by atoms with Crippen LogP contribution in [0.2, 0.25) is 0 Å². The fourth-order valence-corrected chi connectivity index (χ4v) is 1.71. The second-order valence-electron chi connectivity index (χ2n) is 3.99. The molecule has 0 unspecified atom stereocenters. The van der Waals surface area contributed by atoms with Crippen molar-refractivity contribution < 1.29 is 14.6 Å². The molecule has 1 rings (SSSR count). The molecule has 6 heteroatoms. The number of nitrogens with zero attached hydrogens (tertiary/aromatic N) is 1. The van der Waals surface area contributed by atoms with Gasteiger partial charge in [-0.3, -0.25) is 10.3 Å². The van der Waals surface area contributed by atoms with Gasteiger partial charge >= 0.3 is 0 Å². The van der Waals surface area contributed by atoms with Gasteiger partial charge in [0.1, 0.15) is 11.7 Å². The lowest BCUT2D eigenvalue weighted by Crippen LogP contribution is -2.29. The van der Waals surface area contributed by atoms with Crippen molar-refractivity contribution in [3.05, 3.63) is 35.1 Å². The molecule has 18 heavy (non-hydrogen) atoms. The molecule has 0 heterocycles. The third kappa shape index (κ3) is 4.40. The van der Waals surface area contributed by atoms with Gasteiger partial charge in [0, 0.05) is 25.2 Å². The second kappa shape index (κ2) is 7.05. The molecule has 5 N–H and O–H groups in total. The Labute approximate surface area is 105 Å². The molecule has 0 aliphatic rings. The zero-order valence-electron chi connectivity index (χ0n) is 10.1. The van der Waals surface area contributed by atoms with Crippen LogP contribution in [0.5, 0.6) is 0 Å². The van der Waals surface area contributed by atoms with Gasteiger partial charge in [-0.1, -0.05) is 0 Å². The van der Waals surface area contributed by atoms with E-state index < -0.39 is 5.82 Å². The fourth-order valence-electron chi connectivity index (χ4n) is 1.71. The summed E-state index contributed by atoms with van der Waals surface area (Å²) in [7, 11) is 0. The number of rotatable bonds is 7. The summed E-state index contributed by atoms with van der Waals surface area (Å²) in [6, 6.07) is 4.19. The first-order valence-electron chi connectivity index (χ1n) is 5.64. The van der Waals surface area contributed by atoms with Crippen LogP contribution in [0, 0.1) is 11.2 Å². The van der Waals surface area contributed by atoms with Crippen LogP contribution < -0.4 is 5.73 Å². The number of aliphatic hydroxyl groups is 2. The van der Waals surface area contributed by atoms with Crippen LogP contribution in [0.4, 0.5) is 4.39 Å². The number of hydrogen-bond donors (Lipinski definition) is 4. The Bertz CT molecular complexity index is 406. The molecule has 0 aliphatic heterocycles. The van der Waals surface area contributed by atoms with E-state index in [1.807, 2.05) is 0 Å². The van der Waals surface area contributed by atoms with Gasteiger partial charge in [0.2, 0.25) is 0 Å². The SMILES string of the molecule is N=C(N)c1cc(F)cc(CN(CCO)CCO)c1. The Morgan fingerprint density at radius 1 is 1.22 bits per heavy atom. The van der Waals surface area contributed by atoms with Crippen LogP contribution >= 0.6 is 0 Å². The van der Waals surface area contributed by atoms with E-state index in [0.29, 0.717) is 30.8 Å². The smallest absolute Gasteiger partial charge is 0.124 e. The fraction of sp³-hybridized carbons (Fsp3) is 0.417. The van der Waals surface area contributed by atoms with Gasteiger partial charge in [-0.05, 0) is 23.8 Å². The van der Waals surface area contributed by atoms with Crippen molar-refractivity contribution in [2.75, 3.05) is 26.3 Å². The van der Waals surface area contributed by atoms with Gasteiger partial charge in [0.15, 0.2) is 0 Å². The second-order valence-corrected chi connectivity index (χ2v) is 3.99. The Kier molecular flexibility index (Phi) is 5.70. The average Bonchev–Trinajstić information content (AvgIpc) is 2.28. The van der Waals surface area contributed by atoms with Crippen molar-refractivity contribution in [3.63, 3.8) is 0 Å². The minimum absolute atomic E-state index is 0.0329. The van der Waals surface area contributed by atoms with Crippen molar-refractivity contribution in [1.82, 2.24) is 4.90 Å². The quantitative estimate of drug-likeness (QED) is 0.404. The lowest BCUT2D eigenvalue weighted by molar-refractivity contribution is 0.156. The van der Waals surface area contributed by atoms with E-state index in [2.05, 4.69) is 0 Å². The largest absolute Gasteiger partial charge is 0.395 e. The summed E-state index contributed by atoms with van der Waals surface area (Å²) in [6.07, 6.45) is 0. The van der Waals surface area contributed by atoms with Crippen LogP contribution in [0.3, 0.4) is 0 Å². The van der Waals surface area contributed by atoms with E-state index in [0.717, 1.165) is 0 Å². The van der Waals surface area contributed by atoms with Gasteiger partial charge in [-0.15, -0.1) is 0 Å². The number of hydrogen-bond acceptors (Lipinski definition) is 4. The molecule has 0 aliphatic carbocycles. The molecule has 0 bridgehead atoms. The zero-order valence-corrected chi connectivity index (χ0v) is 10.1. The van der Waals surface area contributed by atoms with Crippen LogP contribution in [0.15, 0.2) is 18.2 Å². The summed E-state index contributed by atoms with van der Waals surface area (Å²) >= 11 is 0. The van der Waals surface area contributed by atoms with Gasteiger partial charge < -0.3 is 15.9 Å². The first-order valence-corrected chi connectivity index (χ1v) is 5.64. The Morgan fingerprint density at radius 2 is 1.83 bits per heavy atom. The molecule has 0 saturated heterocycles. The number of benzene rings is 1. The van der Waals surface area contributed by atoms with Gasteiger partial charge in [-0.2, -0.15) is 0 Å². The number of amidine groups is 1. The van der Waals surface area contributed by atoms with Gasteiger partial charge in [0.05, 0.1) is 13.2 Å². The molecule has 0 saturated carbocycles. The van der Waals surface area contributed by atoms with E-state index in [1.54, 1.807) is 11.0 Å². The Hall–Kier alpha value is -1.50. The molecule has 100 valence electrons. The molecule has 0 aromatic heterocycles. The molecular weight excluding hydrogens is 237 g/mol. The first kappa shape index (κ1) is 14.6. The van der Waals surface area contributed by atoms with E-state index in [1.165, 1.54) is 12.1 Å². The first-order chi connectivity index (χ1) is 8.56. The highest BCUT2D eigenvalue weighted by molar-refractivity contribution is 5.95. The van der Waals surface area contributed by atoms with Crippen LogP contribution in [0.25, 0.3) is 0 Å². The lowest BCUT2D eigenvalue weighted by Gasteiger charge is -2.20. The summed E-state index contributed by atoms with van der Waals surface area (Å²) in [6.45, 7) is 1.11. The highest BCUT2D eigenvalue weighted by Crippen LogP contribution is 2.11. The van der Waals surface area contributed by atoms with Crippen LogP contribution in [0.1, 0.15) is 11.1 Å². The molecule has 5 nitrogen and oxygen atoms in total. The van der Waals surface area contributed by atoms with Gasteiger partial charge in [0.25, 0.3) is 0 Å². The maximum Gasteiger partial charge on any atom is 0.124 e. The lowest BCUT2D eigenvalue weighted by atomic mass is 10.1. The zero-order chi connectivity index (χ0) is 13.5. The third-order valence-electron chi connectivity index (χ3n) is 2.51.